The summed E-state index contributed by atoms with van der Waals surface area (Å²) in [6.07, 6.45) is 0. The predicted octanol–water partition coefficient (Wildman–Crippen LogP) is 11.6. The normalized spacial score (nSPS) is 11.7. The standard InChI is InChI=1S/C42H27N/c1-2-14-28(15-3-1)41-33-20-6-8-22-35(33)42(36-23-9-7-21-34(36)41)37-26-27-40(30-17-5-4-16-29(30)37)43-38-24-12-10-18-31(38)32-19-11-13-25-39(32)43/h1-27H. The molecular weight excluding hydrogens is 518 g/mol. The number of fused-ring (bicyclic) bond motifs is 6. The molecule has 0 N–H and O–H groups in total. The van der Waals surface area contributed by atoms with Crippen LogP contribution in [0.2, 0.25) is 0 Å². The van der Waals surface area contributed by atoms with E-state index in [0.29, 0.717) is 0 Å². The predicted molar refractivity (Wildman–Crippen MR) is 184 cm³/mol. The van der Waals surface area contributed by atoms with Crippen LogP contribution in [0.1, 0.15) is 0 Å². The first-order valence-corrected chi connectivity index (χ1v) is 14.9. The highest BCUT2D eigenvalue weighted by Crippen LogP contribution is 2.46. The van der Waals surface area contributed by atoms with Gasteiger partial charge in [-0.25, -0.2) is 0 Å². The van der Waals surface area contributed by atoms with E-state index in [1.54, 1.807) is 0 Å². The van der Waals surface area contributed by atoms with Gasteiger partial charge in [0.1, 0.15) is 0 Å². The van der Waals surface area contributed by atoms with Crippen molar-refractivity contribution in [1.29, 1.82) is 0 Å². The highest BCUT2D eigenvalue weighted by molar-refractivity contribution is 6.24. The van der Waals surface area contributed by atoms with Crippen LogP contribution in [0.5, 0.6) is 0 Å². The number of nitrogens with zero attached hydrogens (tertiary/aromatic N) is 1. The number of para-hydroxylation sites is 2. The molecule has 0 amide bonds. The lowest BCUT2D eigenvalue weighted by molar-refractivity contribution is 1.20. The van der Waals surface area contributed by atoms with Crippen LogP contribution in [0, 0.1) is 0 Å². The molecule has 0 aliphatic heterocycles. The highest BCUT2D eigenvalue weighted by Gasteiger charge is 2.20. The van der Waals surface area contributed by atoms with E-state index in [0.717, 1.165) is 0 Å². The zero-order valence-corrected chi connectivity index (χ0v) is 23.5. The first-order valence-electron chi connectivity index (χ1n) is 14.9. The topological polar surface area (TPSA) is 4.93 Å². The molecule has 1 nitrogen and oxygen atoms in total. The fourth-order valence-electron chi connectivity index (χ4n) is 7.21. The summed E-state index contributed by atoms with van der Waals surface area (Å²) in [6, 6.07) is 59.7. The van der Waals surface area contributed by atoms with Crippen molar-refractivity contribution < 1.29 is 0 Å². The minimum atomic E-state index is 1.20. The summed E-state index contributed by atoms with van der Waals surface area (Å²) >= 11 is 0. The van der Waals surface area contributed by atoms with Gasteiger partial charge in [0.05, 0.1) is 16.7 Å². The van der Waals surface area contributed by atoms with Crippen molar-refractivity contribution in [1.82, 2.24) is 4.57 Å². The lowest BCUT2D eigenvalue weighted by Crippen LogP contribution is -1.97. The van der Waals surface area contributed by atoms with Gasteiger partial charge in [-0.15, -0.1) is 0 Å². The Labute approximate surface area is 249 Å². The maximum atomic E-state index is 2.44. The molecule has 1 heteroatoms. The van der Waals surface area contributed by atoms with E-state index in [1.165, 1.54) is 82.1 Å². The first-order chi connectivity index (χ1) is 21.4. The van der Waals surface area contributed by atoms with Crippen molar-refractivity contribution >= 4 is 54.1 Å². The molecule has 9 aromatic rings. The van der Waals surface area contributed by atoms with Gasteiger partial charge in [-0.05, 0) is 67.4 Å². The Balaban J connectivity index is 1.40. The quantitative estimate of drug-likeness (QED) is 0.195. The monoisotopic (exact) mass is 545 g/mol. The van der Waals surface area contributed by atoms with E-state index < -0.39 is 0 Å². The van der Waals surface area contributed by atoms with Crippen LogP contribution in [0.3, 0.4) is 0 Å². The lowest BCUT2D eigenvalue weighted by atomic mass is 9.84. The maximum Gasteiger partial charge on any atom is 0.0541 e. The first kappa shape index (κ1) is 24.0. The Kier molecular flexibility index (Phi) is 5.27. The molecule has 0 aliphatic rings. The average Bonchev–Trinajstić information content (AvgIpc) is 3.41. The van der Waals surface area contributed by atoms with Gasteiger partial charge in [0.2, 0.25) is 0 Å². The van der Waals surface area contributed by atoms with E-state index in [9.17, 15) is 0 Å². The summed E-state index contributed by atoms with van der Waals surface area (Å²) in [5.74, 6) is 0. The Bertz CT molecular complexity index is 2390. The number of rotatable bonds is 3. The molecular formula is C42H27N. The third-order valence-corrected chi connectivity index (χ3v) is 8.99. The number of hydrogen-bond acceptors (Lipinski definition) is 0. The number of aromatic nitrogens is 1. The molecule has 0 fully saturated rings. The van der Waals surface area contributed by atoms with Crippen LogP contribution in [-0.4, -0.2) is 4.57 Å². The fourth-order valence-corrected chi connectivity index (χ4v) is 7.21. The molecule has 0 atom stereocenters. The Morgan fingerprint density at radius 2 is 0.698 bits per heavy atom. The molecule has 0 unspecified atom stereocenters. The third kappa shape index (κ3) is 3.52. The number of benzene rings is 8. The molecule has 0 saturated carbocycles. The number of hydrogen-bond donors (Lipinski definition) is 0. The van der Waals surface area contributed by atoms with Gasteiger partial charge in [0, 0.05) is 16.2 Å². The second kappa shape index (κ2) is 9.44. The van der Waals surface area contributed by atoms with Gasteiger partial charge in [-0.1, -0.05) is 146 Å². The summed E-state index contributed by atoms with van der Waals surface area (Å²) < 4.78 is 2.44. The second-order valence-corrected chi connectivity index (χ2v) is 11.3. The van der Waals surface area contributed by atoms with Crippen LogP contribution in [0.25, 0.3) is 82.1 Å². The summed E-state index contributed by atoms with van der Waals surface area (Å²) in [4.78, 5) is 0. The van der Waals surface area contributed by atoms with Crippen LogP contribution in [-0.2, 0) is 0 Å². The molecule has 200 valence electrons. The summed E-state index contributed by atoms with van der Waals surface area (Å²) in [5, 5.41) is 10.1. The van der Waals surface area contributed by atoms with Gasteiger partial charge in [-0.3, -0.25) is 0 Å². The molecule has 0 spiro atoms. The Hall–Kier alpha value is -5.66. The van der Waals surface area contributed by atoms with E-state index >= 15 is 0 Å². The zero-order valence-electron chi connectivity index (χ0n) is 23.5. The average molecular weight is 546 g/mol. The van der Waals surface area contributed by atoms with Crippen molar-refractivity contribution in [3.8, 4) is 27.9 Å². The third-order valence-electron chi connectivity index (χ3n) is 8.99. The van der Waals surface area contributed by atoms with Crippen molar-refractivity contribution in [3.63, 3.8) is 0 Å². The summed E-state index contributed by atoms with van der Waals surface area (Å²) in [6.45, 7) is 0. The van der Waals surface area contributed by atoms with Gasteiger partial charge in [-0.2, -0.15) is 0 Å². The molecule has 0 saturated heterocycles. The van der Waals surface area contributed by atoms with Crippen molar-refractivity contribution in [3.05, 3.63) is 164 Å². The minimum Gasteiger partial charge on any atom is -0.309 e. The molecule has 1 heterocycles. The van der Waals surface area contributed by atoms with Crippen LogP contribution in [0.15, 0.2) is 164 Å². The van der Waals surface area contributed by atoms with E-state index in [4.69, 9.17) is 0 Å². The second-order valence-electron chi connectivity index (χ2n) is 11.3. The molecule has 8 aromatic carbocycles. The van der Waals surface area contributed by atoms with E-state index in [-0.39, 0.29) is 0 Å². The van der Waals surface area contributed by atoms with Gasteiger partial charge >= 0.3 is 0 Å². The lowest BCUT2D eigenvalue weighted by Gasteiger charge is -2.20. The molecule has 0 bridgehead atoms. The van der Waals surface area contributed by atoms with Crippen molar-refractivity contribution in [2.45, 2.75) is 0 Å². The summed E-state index contributed by atoms with van der Waals surface area (Å²) in [5.41, 5.74) is 8.73. The van der Waals surface area contributed by atoms with E-state index in [2.05, 4.69) is 168 Å². The van der Waals surface area contributed by atoms with Gasteiger partial charge < -0.3 is 4.57 Å². The largest absolute Gasteiger partial charge is 0.309 e. The molecule has 0 aliphatic carbocycles. The maximum absolute atomic E-state index is 2.44. The van der Waals surface area contributed by atoms with E-state index in [1.807, 2.05) is 0 Å². The van der Waals surface area contributed by atoms with Gasteiger partial charge in [0.25, 0.3) is 0 Å². The summed E-state index contributed by atoms with van der Waals surface area (Å²) in [7, 11) is 0. The van der Waals surface area contributed by atoms with Crippen LogP contribution in [0.4, 0.5) is 0 Å². The minimum absolute atomic E-state index is 1.20. The molecule has 1 aromatic heterocycles. The van der Waals surface area contributed by atoms with Crippen LogP contribution < -0.4 is 0 Å². The molecule has 9 rings (SSSR count). The Morgan fingerprint density at radius 3 is 1.26 bits per heavy atom. The fraction of sp³-hybridized carbons (Fsp3) is 0. The molecule has 43 heavy (non-hydrogen) atoms. The van der Waals surface area contributed by atoms with Gasteiger partial charge in [0.15, 0.2) is 0 Å². The smallest absolute Gasteiger partial charge is 0.0541 e. The van der Waals surface area contributed by atoms with Crippen LogP contribution >= 0.6 is 0 Å². The van der Waals surface area contributed by atoms with Crippen molar-refractivity contribution in [2.24, 2.45) is 0 Å². The molecule has 0 radical (unpaired) electrons. The zero-order chi connectivity index (χ0) is 28.3. The highest BCUT2D eigenvalue weighted by atomic mass is 15.0. The SMILES string of the molecule is c1ccc(-c2c3ccccc3c(-c3ccc(-n4c5ccccc5c5ccccc54)c4ccccc34)c3ccccc23)cc1. The Morgan fingerprint density at radius 1 is 0.279 bits per heavy atom. The van der Waals surface area contributed by atoms with Crippen molar-refractivity contribution in [2.75, 3.05) is 0 Å².